The summed E-state index contributed by atoms with van der Waals surface area (Å²) in [6.07, 6.45) is 5.49. The number of anilines is 1. The van der Waals surface area contributed by atoms with Crippen molar-refractivity contribution >= 4 is 23.1 Å². The maximum Gasteiger partial charge on any atom is 0.256 e. The molecule has 5 rings (SSSR count). The van der Waals surface area contributed by atoms with Crippen molar-refractivity contribution in [2.75, 3.05) is 11.9 Å². The van der Waals surface area contributed by atoms with Crippen molar-refractivity contribution in [2.24, 2.45) is 0 Å². The lowest BCUT2D eigenvalue weighted by molar-refractivity contribution is -0.110. The lowest BCUT2D eigenvalue weighted by Crippen LogP contribution is -2.33. The first-order valence-electron chi connectivity index (χ1n) is 8.88. The highest BCUT2D eigenvalue weighted by Crippen LogP contribution is 2.37. The molecule has 3 aromatic rings. The van der Waals surface area contributed by atoms with Gasteiger partial charge in [0.15, 0.2) is 0 Å². The SMILES string of the molecule is O=C1Nc2cc(-c3ccccc3)ccc2C1=CC1CNC(=O)c2c[nH]cc21. The number of rotatable bonds is 2. The fourth-order valence-corrected chi connectivity index (χ4v) is 3.81. The molecule has 2 aliphatic rings. The molecule has 132 valence electrons. The van der Waals surface area contributed by atoms with Gasteiger partial charge in [0.25, 0.3) is 11.8 Å². The Bertz CT molecular complexity index is 1100. The number of benzene rings is 2. The summed E-state index contributed by atoms with van der Waals surface area (Å²) in [7, 11) is 0. The highest BCUT2D eigenvalue weighted by Gasteiger charge is 2.29. The maximum atomic E-state index is 12.6. The molecule has 0 fully saturated rings. The molecule has 5 heteroatoms. The number of hydrogen-bond acceptors (Lipinski definition) is 2. The number of carbonyl (C=O) groups excluding carboxylic acids is 2. The Labute approximate surface area is 156 Å². The molecule has 0 saturated carbocycles. The number of aromatic nitrogens is 1. The van der Waals surface area contributed by atoms with Gasteiger partial charge in [-0.25, -0.2) is 0 Å². The summed E-state index contributed by atoms with van der Waals surface area (Å²) < 4.78 is 0. The monoisotopic (exact) mass is 355 g/mol. The van der Waals surface area contributed by atoms with Crippen LogP contribution in [-0.4, -0.2) is 23.3 Å². The Morgan fingerprint density at radius 3 is 2.59 bits per heavy atom. The molecule has 27 heavy (non-hydrogen) atoms. The van der Waals surface area contributed by atoms with E-state index in [9.17, 15) is 9.59 Å². The van der Waals surface area contributed by atoms with Gasteiger partial charge in [0, 0.05) is 41.7 Å². The number of carbonyl (C=O) groups is 2. The number of fused-ring (bicyclic) bond motifs is 2. The van der Waals surface area contributed by atoms with E-state index in [-0.39, 0.29) is 17.7 Å². The molecular weight excluding hydrogens is 338 g/mol. The van der Waals surface area contributed by atoms with Crippen molar-refractivity contribution in [1.29, 1.82) is 0 Å². The smallest absolute Gasteiger partial charge is 0.256 e. The van der Waals surface area contributed by atoms with E-state index in [0.717, 1.165) is 27.9 Å². The Morgan fingerprint density at radius 2 is 1.74 bits per heavy atom. The third kappa shape index (κ3) is 2.56. The Kier molecular flexibility index (Phi) is 3.47. The van der Waals surface area contributed by atoms with Crippen LogP contribution in [0.4, 0.5) is 5.69 Å². The minimum atomic E-state index is -0.107. The average Bonchev–Trinajstić information content (AvgIpc) is 3.30. The van der Waals surface area contributed by atoms with Crippen molar-refractivity contribution < 1.29 is 9.59 Å². The van der Waals surface area contributed by atoms with Crippen LogP contribution in [0.5, 0.6) is 0 Å². The zero-order valence-electron chi connectivity index (χ0n) is 14.5. The van der Waals surface area contributed by atoms with E-state index >= 15 is 0 Å². The Balaban J connectivity index is 1.53. The molecule has 1 atom stereocenters. The van der Waals surface area contributed by atoms with Gasteiger partial charge in [0.1, 0.15) is 0 Å². The lowest BCUT2D eigenvalue weighted by atomic mass is 9.90. The normalized spacial score (nSPS) is 19.4. The fraction of sp³-hybridized carbons (Fsp3) is 0.0909. The van der Waals surface area contributed by atoms with Crippen LogP contribution in [0.25, 0.3) is 16.7 Å². The quantitative estimate of drug-likeness (QED) is 0.615. The minimum absolute atomic E-state index is 0.0375. The summed E-state index contributed by atoms with van der Waals surface area (Å²) >= 11 is 0. The van der Waals surface area contributed by atoms with Crippen LogP contribution in [-0.2, 0) is 4.79 Å². The highest BCUT2D eigenvalue weighted by atomic mass is 16.2. The van der Waals surface area contributed by atoms with Gasteiger partial charge in [-0.05, 0) is 22.8 Å². The van der Waals surface area contributed by atoms with Crippen LogP contribution in [0.15, 0.2) is 67.0 Å². The summed E-state index contributed by atoms with van der Waals surface area (Å²) in [5.41, 5.74) is 6.11. The zero-order chi connectivity index (χ0) is 18.4. The molecule has 0 saturated heterocycles. The van der Waals surface area contributed by atoms with Gasteiger partial charge >= 0.3 is 0 Å². The first-order valence-corrected chi connectivity index (χ1v) is 8.88. The van der Waals surface area contributed by atoms with Gasteiger partial charge in [-0.1, -0.05) is 48.5 Å². The van der Waals surface area contributed by atoms with E-state index in [0.29, 0.717) is 17.7 Å². The third-order valence-electron chi connectivity index (χ3n) is 5.18. The second-order valence-corrected chi connectivity index (χ2v) is 6.80. The predicted molar refractivity (Wildman–Crippen MR) is 104 cm³/mol. The molecule has 3 N–H and O–H groups in total. The van der Waals surface area contributed by atoms with Gasteiger partial charge in [0.2, 0.25) is 0 Å². The van der Waals surface area contributed by atoms with Crippen LogP contribution in [0, 0.1) is 0 Å². The third-order valence-corrected chi connectivity index (χ3v) is 5.18. The van der Waals surface area contributed by atoms with Crippen molar-refractivity contribution in [3.8, 4) is 11.1 Å². The number of amides is 2. The van der Waals surface area contributed by atoms with Crippen molar-refractivity contribution in [2.45, 2.75) is 5.92 Å². The summed E-state index contributed by atoms with van der Waals surface area (Å²) in [5.74, 6) is -0.224. The van der Waals surface area contributed by atoms with Gasteiger partial charge in [-0.3, -0.25) is 9.59 Å². The molecule has 1 unspecified atom stereocenters. The first kappa shape index (κ1) is 15.6. The van der Waals surface area contributed by atoms with Crippen LogP contribution in [0.1, 0.15) is 27.4 Å². The van der Waals surface area contributed by atoms with Crippen molar-refractivity contribution in [1.82, 2.24) is 10.3 Å². The molecule has 2 aromatic carbocycles. The van der Waals surface area contributed by atoms with Crippen LogP contribution < -0.4 is 10.6 Å². The topological polar surface area (TPSA) is 74.0 Å². The van der Waals surface area contributed by atoms with Gasteiger partial charge in [0.05, 0.1) is 5.56 Å². The molecule has 0 spiro atoms. The van der Waals surface area contributed by atoms with Crippen LogP contribution >= 0.6 is 0 Å². The Hall–Kier alpha value is -3.60. The first-order chi connectivity index (χ1) is 13.2. The van der Waals surface area contributed by atoms with E-state index in [1.54, 1.807) is 6.20 Å². The van der Waals surface area contributed by atoms with Crippen LogP contribution in [0.2, 0.25) is 0 Å². The lowest BCUT2D eigenvalue weighted by Gasteiger charge is -2.20. The number of nitrogens with one attached hydrogen (secondary N) is 3. The van der Waals surface area contributed by atoms with Gasteiger partial charge in [-0.15, -0.1) is 0 Å². The second-order valence-electron chi connectivity index (χ2n) is 6.80. The standard InChI is InChI=1S/C22H17N3O2/c26-21-19-12-23-11-18(19)15(10-24-21)8-17-16-7-6-14(9-20(16)25-22(17)27)13-4-2-1-3-5-13/h1-9,11-12,15,23H,10H2,(H,24,26)(H,25,27). The molecule has 5 nitrogen and oxygen atoms in total. The summed E-state index contributed by atoms with van der Waals surface area (Å²) in [4.78, 5) is 27.5. The van der Waals surface area contributed by atoms with Crippen molar-refractivity contribution in [3.05, 3.63) is 83.7 Å². The molecular formula is C22H17N3O2. The molecule has 2 amide bonds. The zero-order valence-corrected chi connectivity index (χ0v) is 14.5. The van der Waals surface area contributed by atoms with Crippen molar-refractivity contribution in [3.63, 3.8) is 0 Å². The van der Waals surface area contributed by atoms with Crippen LogP contribution in [0.3, 0.4) is 0 Å². The number of H-pyrrole nitrogens is 1. The summed E-state index contributed by atoms with van der Waals surface area (Å²) in [5, 5.41) is 5.85. The summed E-state index contributed by atoms with van der Waals surface area (Å²) in [6, 6.07) is 16.1. The van der Waals surface area contributed by atoms with E-state index < -0.39 is 0 Å². The molecule has 0 radical (unpaired) electrons. The number of hydrogen-bond donors (Lipinski definition) is 3. The fourth-order valence-electron chi connectivity index (χ4n) is 3.81. The molecule has 0 bridgehead atoms. The second kappa shape index (κ2) is 5.99. The largest absolute Gasteiger partial charge is 0.367 e. The van der Waals surface area contributed by atoms with E-state index in [1.165, 1.54) is 0 Å². The molecule has 2 aliphatic heterocycles. The van der Waals surface area contributed by atoms with E-state index in [2.05, 4.69) is 15.6 Å². The van der Waals surface area contributed by atoms with E-state index in [4.69, 9.17) is 0 Å². The molecule has 0 aliphatic carbocycles. The number of aromatic amines is 1. The van der Waals surface area contributed by atoms with E-state index in [1.807, 2.05) is 60.8 Å². The Morgan fingerprint density at radius 1 is 0.889 bits per heavy atom. The highest BCUT2D eigenvalue weighted by molar-refractivity contribution is 6.31. The molecule has 1 aromatic heterocycles. The van der Waals surface area contributed by atoms with Gasteiger partial charge < -0.3 is 15.6 Å². The maximum absolute atomic E-state index is 12.6. The van der Waals surface area contributed by atoms with Gasteiger partial charge in [-0.2, -0.15) is 0 Å². The molecule has 3 heterocycles. The summed E-state index contributed by atoms with van der Waals surface area (Å²) in [6.45, 7) is 0.484. The predicted octanol–water partition coefficient (Wildman–Crippen LogP) is 3.54. The minimum Gasteiger partial charge on any atom is -0.367 e. The average molecular weight is 355 g/mol.